The molecule has 2 aromatic heterocycles. The van der Waals surface area contributed by atoms with Crippen LogP contribution in [0.5, 0.6) is 0 Å². The molecule has 27 heavy (non-hydrogen) atoms. The van der Waals surface area contributed by atoms with Crippen molar-refractivity contribution in [2.24, 2.45) is 0 Å². The summed E-state index contributed by atoms with van der Waals surface area (Å²) in [6.45, 7) is 8.69. The lowest BCUT2D eigenvalue weighted by atomic mass is 10.1. The van der Waals surface area contributed by atoms with Gasteiger partial charge in [0.2, 0.25) is 0 Å². The zero-order chi connectivity index (χ0) is 18.8. The van der Waals surface area contributed by atoms with Crippen molar-refractivity contribution in [2.75, 3.05) is 26.2 Å². The van der Waals surface area contributed by atoms with E-state index in [9.17, 15) is 4.79 Å². The molecule has 2 aliphatic rings. The predicted octanol–water partition coefficient (Wildman–Crippen LogP) is 2.42. The minimum atomic E-state index is -0.0173. The van der Waals surface area contributed by atoms with Gasteiger partial charge in [-0.15, -0.1) is 0 Å². The Balaban J connectivity index is 1.35. The fraction of sp³-hybridized carbons (Fsp3) is 0.429. The smallest absolute Gasteiger partial charge is 0.251 e. The van der Waals surface area contributed by atoms with Crippen LogP contribution in [0.25, 0.3) is 11.0 Å². The molecule has 1 N–H and O–H groups in total. The van der Waals surface area contributed by atoms with Crippen LogP contribution in [0.1, 0.15) is 25.0 Å². The third-order valence-corrected chi connectivity index (χ3v) is 5.18. The molecule has 4 heterocycles. The molecule has 0 amide bonds. The van der Waals surface area contributed by atoms with E-state index in [1.54, 1.807) is 0 Å². The van der Waals surface area contributed by atoms with Gasteiger partial charge in [-0.2, -0.15) is 0 Å². The molecule has 0 atom stereocenters. The molecular weight excluding hydrogens is 340 g/mol. The molecule has 0 saturated carbocycles. The Hall–Kier alpha value is -2.60. The van der Waals surface area contributed by atoms with Crippen molar-refractivity contribution in [3.63, 3.8) is 0 Å². The van der Waals surface area contributed by atoms with E-state index in [0.29, 0.717) is 6.42 Å². The van der Waals surface area contributed by atoms with E-state index in [0.717, 1.165) is 60.6 Å². The first-order valence-corrected chi connectivity index (χ1v) is 9.67. The summed E-state index contributed by atoms with van der Waals surface area (Å²) in [5.74, 6) is 0.949. The molecule has 1 saturated heterocycles. The Labute approximate surface area is 159 Å². The highest BCUT2D eigenvalue weighted by Crippen LogP contribution is 2.21. The van der Waals surface area contributed by atoms with E-state index >= 15 is 0 Å². The number of hydrogen-bond donors (Lipinski definition) is 1. The Bertz CT molecular complexity index is 941. The number of H-pyrrole nitrogens is 1. The summed E-state index contributed by atoms with van der Waals surface area (Å²) in [6, 6.07) is 3.92. The number of rotatable bonds is 6. The van der Waals surface area contributed by atoms with Crippen molar-refractivity contribution in [3.8, 4) is 0 Å². The number of fused-ring (bicyclic) bond motifs is 1. The summed E-state index contributed by atoms with van der Waals surface area (Å²) in [4.78, 5) is 24.1. The number of aromatic amines is 1. The molecule has 2 aromatic rings. The van der Waals surface area contributed by atoms with Gasteiger partial charge in [0, 0.05) is 50.7 Å². The molecular formula is C21H26N4O2. The van der Waals surface area contributed by atoms with Crippen LogP contribution < -0.4 is 5.56 Å². The minimum absolute atomic E-state index is 0.0173. The van der Waals surface area contributed by atoms with Crippen LogP contribution in [0.3, 0.4) is 0 Å². The van der Waals surface area contributed by atoms with Crippen molar-refractivity contribution >= 4 is 11.0 Å². The van der Waals surface area contributed by atoms with Gasteiger partial charge in [0.15, 0.2) is 0 Å². The maximum absolute atomic E-state index is 12.0. The Morgan fingerprint density at radius 3 is 2.93 bits per heavy atom. The fourth-order valence-corrected chi connectivity index (χ4v) is 3.56. The highest BCUT2D eigenvalue weighted by Gasteiger charge is 2.29. The van der Waals surface area contributed by atoms with Crippen molar-refractivity contribution in [2.45, 2.75) is 32.9 Å². The molecule has 2 aliphatic heterocycles. The Morgan fingerprint density at radius 2 is 2.15 bits per heavy atom. The molecule has 0 aromatic carbocycles. The average Bonchev–Trinajstić information content (AvgIpc) is 2.65. The quantitative estimate of drug-likeness (QED) is 0.851. The first-order valence-electron chi connectivity index (χ1n) is 9.67. The van der Waals surface area contributed by atoms with Gasteiger partial charge in [-0.1, -0.05) is 13.0 Å². The monoisotopic (exact) mass is 366 g/mol. The van der Waals surface area contributed by atoms with Crippen LogP contribution in [0.4, 0.5) is 0 Å². The molecule has 1 fully saturated rings. The number of nitrogens with zero attached hydrogens (tertiary/aromatic N) is 3. The van der Waals surface area contributed by atoms with E-state index in [1.165, 1.54) is 0 Å². The number of likely N-dealkylation sites (N-methyl/N-ethyl adjacent to an activating group) is 1. The number of nitrogens with one attached hydrogen (secondary N) is 1. The minimum Gasteiger partial charge on any atom is -0.486 e. The number of likely N-dealkylation sites (tertiary alicyclic amines) is 1. The normalized spacial score (nSPS) is 17.9. The van der Waals surface area contributed by atoms with Crippen LogP contribution in [0.15, 0.2) is 47.2 Å². The maximum Gasteiger partial charge on any atom is 0.251 e. The van der Waals surface area contributed by atoms with Crippen LogP contribution in [-0.2, 0) is 17.7 Å². The van der Waals surface area contributed by atoms with Gasteiger partial charge in [-0.25, -0.2) is 0 Å². The van der Waals surface area contributed by atoms with E-state index in [-0.39, 0.29) is 11.7 Å². The molecule has 0 unspecified atom stereocenters. The van der Waals surface area contributed by atoms with Gasteiger partial charge in [-0.05, 0) is 37.1 Å². The van der Waals surface area contributed by atoms with Gasteiger partial charge >= 0.3 is 0 Å². The third-order valence-electron chi connectivity index (χ3n) is 5.18. The van der Waals surface area contributed by atoms with Crippen molar-refractivity contribution in [3.05, 3.63) is 63.9 Å². The summed E-state index contributed by atoms with van der Waals surface area (Å²) in [6.07, 6.45) is 9.14. The molecule has 142 valence electrons. The lowest BCUT2D eigenvalue weighted by Gasteiger charge is -2.39. The largest absolute Gasteiger partial charge is 0.486 e. The lowest BCUT2D eigenvalue weighted by molar-refractivity contribution is -0.0236. The van der Waals surface area contributed by atoms with E-state index in [1.807, 2.05) is 25.3 Å². The topological polar surface area (TPSA) is 61.5 Å². The number of hydrogen-bond acceptors (Lipinski definition) is 5. The fourth-order valence-electron chi connectivity index (χ4n) is 3.56. The van der Waals surface area contributed by atoms with Gasteiger partial charge in [0.05, 0.1) is 11.0 Å². The molecule has 6 heteroatoms. The first kappa shape index (κ1) is 17.8. The first-order chi connectivity index (χ1) is 13.1. The highest BCUT2D eigenvalue weighted by molar-refractivity contribution is 5.74. The Kier molecular flexibility index (Phi) is 4.99. The third kappa shape index (κ3) is 3.90. The highest BCUT2D eigenvalue weighted by atomic mass is 16.5. The van der Waals surface area contributed by atoms with E-state index < -0.39 is 0 Å². The van der Waals surface area contributed by atoms with Crippen LogP contribution in [0, 0.1) is 0 Å². The van der Waals surface area contributed by atoms with Crippen LogP contribution in [0.2, 0.25) is 0 Å². The van der Waals surface area contributed by atoms with Crippen molar-refractivity contribution < 1.29 is 4.74 Å². The predicted molar refractivity (Wildman–Crippen MR) is 106 cm³/mol. The zero-order valence-electron chi connectivity index (χ0n) is 15.9. The summed E-state index contributed by atoms with van der Waals surface area (Å²) in [7, 11) is 0. The summed E-state index contributed by atoms with van der Waals surface area (Å²) in [5.41, 5.74) is 3.51. The zero-order valence-corrected chi connectivity index (χ0v) is 15.9. The number of aryl methyl sites for hydroxylation is 1. The second-order valence-electron chi connectivity index (χ2n) is 7.21. The molecule has 0 bridgehead atoms. The second kappa shape index (κ2) is 7.56. The molecule has 0 spiro atoms. The number of pyridine rings is 2. The molecule has 6 nitrogen and oxygen atoms in total. The van der Waals surface area contributed by atoms with Gasteiger partial charge in [0.1, 0.15) is 11.9 Å². The SMILES string of the molecule is CCc1cc2ncc(CN3CC(OC4=CN(CC)CC=C4)C3)cc2[nH]c1=O. The number of allylic oxidation sites excluding steroid dienone is 1. The van der Waals surface area contributed by atoms with E-state index in [4.69, 9.17) is 4.74 Å². The van der Waals surface area contributed by atoms with Gasteiger partial charge in [-0.3, -0.25) is 14.7 Å². The lowest BCUT2D eigenvalue weighted by Crippen LogP contribution is -2.51. The number of ether oxygens (including phenoxy) is 1. The maximum atomic E-state index is 12.0. The standard InChI is InChI=1S/C21H26N4O2/c1-3-16-9-19-20(23-21(16)26)8-15(10-22-19)11-25-13-18(14-25)27-17-6-5-7-24(4-2)12-17/h5-6,8-10,12,18H,3-4,7,11,13-14H2,1-2H3,(H,23,26). The van der Waals surface area contributed by atoms with Crippen molar-refractivity contribution in [1.29, 1.82) is 0 Å². The van der Waals surface area contributed by atoms with Gasteiger partial charge in [0.25, 0.3) is 5.56 Å². The van der Waals surface area contributed by atoms with E-state index in [2.05, 4.69) is 45.0 Å². The molecule has 0 aliphatic carbocycles. The van der Waals surface area contributed by atoms with Crippen LogP contribution >= 0.6 is 0 Å². The molecule has 0 radical (unpaired) electrons. The summed E-state index contributed by atoms with van der Waals surface area (Å²) < 4.78 is 6.07. The van der Waals surface area contributed by atoms with Crippen LogP contribution in [-0.4, -0.2) is 52.1 Å². The Morgan fingerprint density at radius 1 is 1.30 bits per heavy atom. The van der Waals surface area contributed by atoms with Crippen molar-refractivity contribution in [1.82, 2.24) is 19.8 Å². The number of aromatic nitrogens is 2. The average molecular weight is 366 g/mol. The van der Waals surface area contributed by atoms with Gasteiger partial charge < -0.3 is 14.6 Å². The second-order valence-corrected chi connectivity index (χ2v) is 7.21. The summed E-state index contributed by atoms with van der Waals surface area (Å²) >= 11 is 0. The summed E-state index contributed by atoms with van der Waals surface area (Å²) in [5, 5.41) is 0. The molecule has 4 rings (SSSR count).